The van der Waals surface area contributed by atoms with Crippen LogP contribution in [0.1, 0.15) is 29.0 Å². The number of rotatable bonds is 5. The highest BCUT2D eigenvalue weighted by Gasteiger charge is 2.21. The molecule has 156 valence electrons. The van der Waals surface area contributed by atoms with Crippen molar-refractivity contribution in [2.45, 2.75) is 25.3 Å². The molecule has 1 aliphatic heterocycles. The number of nitrogens with two attached hydrogens (primary N) is 1. The topological polar surface area (TPSA) is 110 Å². The Labute approximate surface area is 179 Å². The standard InChI is InChI=1S/C23H23N7O/c24-22-21-20(29-19(30(21)13-12-27-22)14-17-4-3-11-25-17)15-6-8-16(9-7-15)23(31)28-18-5-1-2-10-26-18/h1-2,5-10,12-13,17,25H,3-4,11,14H2,(H2,24,27)(H,26,28,31)/t17-/m1/s1. The van der Waals surface area contributed by atoms with Crippen LogP contribution in [0.15, 0.2) is 61.1 Å². The molecule has 0 radical (unpaired) electrons. The molecule has 5 rings (SSSR count). The molecule has 0 spiro atoms. The second-order valence-electron chi connectivity index (χ2n) is 7.65. The van der Waals surface area contributed by atoms with Crippen molar-refractivity contribution in [3.63, 3.8) is 0 Å². The van der Waals surface area contributed by atoms with Gasteiger partial charge in [0.1, 0.15) is 28.7 Å². The highest BCUT2D eigenvalue weighted by Crippen LogP contribution is 2.29. The molecule has 0 unspecified atom stereocenters. The fourth-order valence-electron chi connectivity index (χ4n) is 4.03. The van der Waals surface area contributed by atoms with E-state index in [1.165, 1.54) is 6.42 Å². The van der Waals surface area contributed by atoms with Crippen LogP contribution in [-0.4, -0.2) is 37.8 Å². The van der Waals surface area contributed by atoms with E-state index in [2.05, 4.69) is 20.6 Å². The molecule has 4 heterocycles. The number of imidazole rings is 1. The van der Waals surface area contributed by atoms with Crippen LogP contribution >= 0.6 is 0 Å². The van der Waals surface area contributed by atoms with Crippen LogP contribution in [0.25, 0.3) is 16.8 Å². The van der Waals surface area contributed by atoms with Gasteiger partial charge in [-0.05, 0) is 43.7 Å². The summed E-state index contributed by atoms with van der Waals surface area (Å²) < 4.78 is 2.03. The molecule has 1 aliphatic rings. The zero-order valence-electron chi connectivity index (χ0n) is 17.0. The molecule has 0 bridgehead atoms. The second-order valence-corrected chi connectivity index (χ2v) is 7.65. The Morgan fingerprint density at radius 2 is 2.03 bits per heavy atom. The monoisotopic (exact) mass is 413 g/mol. The molecular formula is C23H23N7O. The minimum atomic E-state index is -0.214. The molecule has 8 nitrogen and oxygen atoms in total. The third-order valence-corrected chi connectivity index (χ3v) is 5.57. The summed E-state index contributed by atoms with van der Waals surface area (Å²) in [5, 5.41) is 6.32. The van der Waals surface area contributed by atoms with E-state index in [-0.39, 0.29) is 5.91 Å². The molecule has 4 aromatic rings. The van der Waals surface area contributed by atoms with Crippen molar-refractivity contribution < 1.29 is 4.79 Å². The summed E-state index contributed by atoms with van der Waals surface area (Å²) in [4.78, 5) is 25.8. The maximum absolute atomic E-state index is 12.5. The van der Waals surface area contributed by atoms with Crippen molar-refractivity contribution >= 4 is 23.1 Å². The molecular weight excluding hydrogens is 390 g/mol. The zero-order valence-corrected chi connectivity index (χ0v) is 17.0. The highest BCUT2D eigenvalue weighted by molar-refractivity contribution is 6.04. The van der Waals surface area contributed by atoms with Gasteiger partial charge in [-0.25, -0.2) is 15.0 Å². The van der Waals surface area contributed by atoms with E-state index in [1.807, 2.05) is 28.8 Å². The second kappa shape index (κ2) is 8.16. The molecule has 1 saturated heterocycles. The number of hydrogen-bond acceptors (Lipinski definition) is 6. The van der Waals surface area contributed by atoms with Crippen molar-refractivity contribution in [2.75, 3.05) is 17.6 Å². The van der Waals surface area contributed by atoms with Gasteiger partial charge >= 0.3 is 0 Å². The molecule has 8 heteroatoms. The normalized spacial score (nSPS) is 15.9. The molecule has 1 atom stereocenters. The fraction of sp³-hybridized carbons (Fsp3) is 0.217. The van der Waals surface area contributed by atoms with E-state index in [9.17, 15) is 4.79 Å². The predicted octanol–water partition coefficient (Wildman–Crippen LogP) is 2.92. The van der Waals surface area contributed by atoms with E-state index < -0.39 is 0 Å². The lowest BCUT2D eigenvalue weighted by Gasteiger charge is -2.08. The first-order chi connectivity index (χ1) is 15.2. The van der Waals surface area contributed by atoms with Crippen LogP contribution in [0, 0.1) is 0 Å². The Balaban J connectivity index is 1.45. The predicted molar refractivity (Wildman–Crippen MR) is 120 cm³/mol. The van der Waals surface area contributed by atoms with Gasteiger partial charge in [-0.1, -0.05) is 18.2 Å². The number of fused-ring (bicyclic) bond motifs is 1. The third-order valence-electron chi connectivity index (χ3n) is 5.57. The molecule has 1 fully saturated rings. The molecule has 3 aromatic heterocycles. The first-order valence-corrected chi connectivity index (χ1v) is 10.4. The van der Waals surface area contributed by atoms with Crippen molar-refractivity contribution in [1.82, 2.24) is 24.7 Å². The first-order valence-electron chi connectivity index (χ1n) is 10.4. The SMILES string of the molecule is Nc1nccn2c(C[C@H]3CCCN3)nc(-c3ccc(C(=O)Nc4ccccn4)cc3)c12. The number of nitrogen functional groups attached to an aromatic ring is 1. The molecule has 31 heavy (non-hydrogen) atoms. The minimum absolute atomic E-state index is 0.214. The Hall–Kier alpha value is -3.78. The van der Waals surface area contributed by atoms with Crippen molar-refractivity contribution in [1.29, 1.82) is 0 Å². The maximum atomic E-state index is 12.5. The Kier molecular flexibility index (Phi) is 5.05. The highest BCUT2D eigenvalue weighted by atomic mass is 16.1. The lowest BCUT2D eigenvalue weighted by Crippen LogP contribution is -2.24. The van der Waals surface area contributed by atoms with Crippen LogP contribution in [0.4, 0.5) is 11.6 Å². The van der Waals surface area contributed by atoms with Gasteiger partial charge in [-0.2, -0.15) is 0 Å². The number of benzene rings is 1. The summed E-state index contributed by atoms with van der Waals surface area (Å²) in [6.07, 6.45) is 8.40. The largest absolute Gasteiger partial charge is 0.382 e. The molecule has 4 N–H and O–H groups in total. The van der Waals surface area contributed by atoms with Crippen LogP contribution < -0.4 is 16.4 Å². The average Bonchev–Trinajstić information content (AvgIpc) is 3.44. The summed E-state index contributed by atoms with van der Waals surface area (Å²) in [7, 11) is 0. The van der Waals surface area contributed by atoms with Crippen molar-refractivity contribution in [2.24, 2.45) is 0 Å². The van der Waals surface area contributed by atoms with Crippen molar-refractivity contribution in [3.05, 3.63) is 72.4 Å². The number of aromatic nitrogens is 4. The van der Waals surface area contributed by atoms with Gasteiger partial charge < -0.3 is 16.4 Å². The lowest BCUT2D eigenvalue weighted by molar-refractivity contribution is 0.102. The van der Waals surface area contributed by atoms with Crippen LogP contribution in [0.3, 0.4) is 0 Å². The molecule has 0 aliphatic carbocycles. The van der Waals surface area contributed by atoms with Crippen LogP contribution in [0.2, 0.25) is 0 Å². The Bertz CT molecular complexity index is 1210. The average molecular weight is 413 g/mol. The quantitative estimate of drug-likeness (QED) is 0.464. The fourth-order valence-corrected chi connectivity index (χ4v) is 4.03. The van der Waals surface area contributed by atoms with E-state index >= 15 is 0 Å². The van der Waals surface area contributed by atoms with Crippen molar-refractivity contribution in [3.8, 4) is 11.3 Å². The number of anilines is 2. The minimum Gasteiger partial charge on any atom is -0.382 e. The zero-order chi connectivity index (χ0) is 21.2. The Morgan fingerprint density at radius 3 is 2.77 bits per heavy atom. The van der Waals surface area contributed by atoms with E-state index in [4.69, 9.17) is 10.7 Å². The summed E-state index contributed by atoms with van der Waals surface area (Å²) in [5.74, 6) is 1.69. The van der Waals surface area contributed by atoms with Gasteiger partial charge in [0.15, 0.2) is 0 Å². The number of nitrogens with zero attached hydrogens (tertiary/aromatic N) is 4. The smallest absolute Gasteiger partial charge is 0.256 e. The number of nitrogens with one attached hydrogen (secondary N) is 2. The van der Waals surface area contributed by atoms with Gasteiger partial charge in [0, 0.05) is 42.2 Å². The molecule has 1 amide bonds. The summed E-state index contributed by atoms with van der Waals surface area (Å²) >= 11 is 0. The number of amides is 1. The summed E-state index contributed by atoms with van der Waals surface area (Å²) in [6.45, 7) is 1.05. The summed E-state index contributed by atoms with van der Waals surface area (Å²) in [5.41, 5.74) is 9.21. The summed E-state index contributed by atoms with van der Waals surface area (Å²) in [6, 6.07) is 13.1. The lowest BCUT2D eigenvalue weighted by atomic mass is 10.1. The third kappa shape index (κ3) is 3.85. The number of pyridine rings is 1. The number of carbonyl (C=O) groups excluding carboxylic acids is 1. The molecule has 1 aromatic carbocycles. The van der Waals surface area contributed by atoms with Crippen LogP contribution in [-0.2, 0) is 6.42 Å². The Morgan fingerprint density at radius 1 is 1.16 bits per heavy atom. The number of hydrogen-bond donors (Lipinski definition) is 3. The first kappa shape index (κ1) is 19.2. The maximum Gasteiger partial charge on any atom is 0.256 e. The van der Waals surface area contributed by atoms with E-state index in [0.29, 0.717) is 23.2 Å². The van der Waals surface area contributed by atoms with Gasteiger partial charge in [0.25, 0.3) is 5.91 Å². The van der Waals surface area contributed by atoms with Gasteiger partial charge in [-0.3, -0.25) is 9.20 Å². The van der Waals surface area contributed by atoms with Gasteiger partial charge in [0.05, 0.1) is 0 Å². The van der Waals surface area contributed by atoms with E-state index in [0.717, 1.165) is 42.0 Å². The molecule has 0 saturated carbocycles. The number of carbonyl (C=O) groups is 1. The van der Waals surface area contributed by atoms with Gasteiger partial charge in [-0.15, -0.1) is 0 Å². The van der Waals surface area contributed by atoms with E-state index in [1.54, 1.807) is 36.7 Å². The van der Waals surface area contributed by atoms with Gasteiger partial charge in [0.2, 0.25) is 0 Å². The van der Waals surface area contributed by atoms with Crippen LogP contribution in [0.5, 0.6) is 0 Å².